The molecule has 3 heteroatoms. The summed E-state index contributed by atoms with van der Waals surface area (Å²) < 4.78 is 6.16. The molecule has 0 saturated heterocycles. The van der Waals surface area contributed by atoms with Crippen LogP contribution in [0.4, 0.5) is 0 Å². The smallest absolute Gasteiger partial charge is 0.193 e. The lowest BCUT2D eigenvalue weighted by Gasteiger charge is -2.40. The normalized spacial score (nSPS) is 28.1. The number of hydrogen-bond acceptors (Lipinski definition) is 2. The monoisotopic (exact) mass is 228 g/mol. The summed E-state index contributed by atoms with van der Waals surface area (Å²) in [6, 6.07) is 0. The third-order valence-electron chi connectivity index (χ3n) is 3.57. The highest BCUT2D eigenvalue weighted by molar-refractivity contribution is 6.74. The summed E-state index contributed by atoms with van der Waals surface area (Å²) >= 11 is 0. The van der Waals surface area contributed by atoms with Gasteiger partial charge in [-0.15, -0.1) is 0 Å². The molecular weight excluding hydrogens is 204 g/mol. The van der Waals surface area contributed by atoms with Gasteiger partial charge in [0.05, 0.1) is 12.2 Å². The molecule has 0 aliphatic heterocycles. The first-order valence-electron chi connectivity index (χ1n) is 5.76. The van der Waals surface area contributed by atoms with Crippen LogP contribution in [0.2, 0.25) is 18.1 Å². The molecule has 0 saturated carbocycles. The Hall–Kier alpha value is -0.123. The van der Waals surface area contributed by atoms with Gasteiger partial charge in [0.25, 0.3) is 0 Å². The van der Waals surface area contributed by atoms with Crippen molar-refractivity contribution >= 4 is 8.32 Å². The van der Waals surface area contributed by atoms with Gasteiger partial charge >= 0.3 is 0 Å². The van der Waals surface area contributed by atoms with E-state index in [0.717, 1.165) is 12.8 Å². The van der Waals surface area contributed by atoms with Gasteiger partial charge in [0.15, 0.2) is 8.32 Å². The second-order valence-electron chi connectivity index (χ2n) is 5.92. The Morgan fingerprint density at radius 2 is 1.93 bits per heavy atom. The molecule has 0 bridgehead atoms. The summed E-state index contributed by atoms with van der Waals surface area (Å²) in [7, 11) is -1.75. The first kappa shape index (κ1) is 12.9. The molecule has 0 fully saturated rings. The Bertz CT molecular complexity index is 240. The molecule has 0 unspecified atom stereocenters. The Morgan fingerprint density at radius 1 is 1.33 bits per heavy atom. The largest absolute Gasteiger partial charge is 0.408 e. The van der Waals surface area contributed by atoms with Crippen molar-refractivity contribution < 1.29 is 9.53 Å². The first-order chi connectivity index (χ1) is 6.74. The summed E-state index contributed by atoms with van der Waals surface area (Å²) in [6.45, 7) is 11.1. The average Bonchev–Trinajstić information content (AvgIpc) is 2.06. The van der Waals surface area contributed by atoms with Gasteiger partial charge in [-0.1, -0.05) is 32.9 Å². The van der Waals surface area contributed by atoms with Crippen molar-refractivity contribution in [3.05, 3.63) is 12.2 Å². The number of allylic oxidation sites excluding steroid dienone is 1. The fourth-order valence-electron chi connectivity index (χ4n) is 1.42. The second kappa shape index (κ2) is 4.40. The fourth-order valence-corrected chi connectivity index (χ4v) is 2.69. The van der Waals surface area contributed by atoms with E-state index < -0.39 is 8.32 Å². The summed E-state index contributed by atoms with van der Waals surface area (Å²) in [4.78, 5) is 0. The van der Waals surface area contributed by atoms with E-state index in [1.807, 2.05) is 6.08 Å². The maximum atomic E-state index is 9.84. The summed E-state index contributed by atoms with van der Waals surface area (Å²) in [5.41, 5.74) is 0. The Kier molecular flexibility index (Phi) is 3.79. The molecule has 1 aliphatic rings. The highest BCUT2D eigenvalue weighted by Crippen LogP contribution is 2.38. The minimum atomic E-state index is -1.75. The van der Waals surface area contributed by atoms with E-state index in [-0.39, 0.29) is 17.2 Å². The Morgan fingerprint density at radius 3 is 2.40 bits per heavy atom. The molecule has 0 spiro atoms. The molecule has 2 atom stereocenters. The van der Waals surface area contributed by atoms with Crippen LogP contribution in [-0.2, 0) is 4.43 Å². The van der Waals surface area contributed by atoms with E-state index in [2.05, 4.69) is 39.9 Å². The number of rotatable bonds is 2. The lowest BCUT2D eigenvalue weighted by atomic mass is 10.0. The molecule has 15 heavy (non-hydrogen) atoms. The van der Waals surface area contributed by atoms with Gasteiger partial charge in [0, 0.05) is 0 Å². The van der Waals surface area contributed by atoms with Gasteiger partial charge in [0.1, 0.15) is 0 Å². The zero-order valence-corrected chi connectivity index (χ0v) is 11.6. The van der Waals surface area contributed by atoms with E-state index >= 15 is 0 Å². The SMILES string of the molecule is CC(C)(C)[Si](C)(C)O[C@H]1C=CCC[C@@H]1O. The predicted octanol–water partition coefficient (Wildman–Crippen LogP) is 3.09. The van der Waals surface area contributed by atoms with Crippen molar-refractivity contribution in [2.75, 3.05) is 0 Å². The Balaban J connectivity index is 2.68. The molecule has 0 radical (unpaired) electrons. The quantitative estimate of drug-likeness (QED) is 0.581. The van der Waals surface area contributed by atoms with Crippen molar-refractivity contribution in [2.24, 2.45) is 0 Å². The predicted molar refractivity (Wildman–Crippen MR) is 66.5 cm³/mol. The van der Waals surface area contributed by atoms with Gasteiger partial charge in [-0.3, -0.25) is 0 Å². The zero-order valence-electron chi connectivity index (χ0n) is 10.6. The van der Waals surface area contributed by atoms with Crippen molar-refractivity contribution in [3.8, 4) is 0 Å². The molecule has 0 aromatic rings. The van der Waals surface area contributed by atoms with E-state index in [4.69, 9.17) is 4.43 Å². The Labute approximate surface area is 94.5 Å². The van der Waals surface area contributed by atoms with E-state index in [1.54, 1.807) is 0 Å². The van der Waals surface area contributed by atoms with Gasteiger partial charge < -0.3 is 9.53 Å². The van der Waals surface area contributed by atoms with Crippen LogP contribution in [0.1, 0.15) is 33.6 Å². The zero-order chi connectivity index (χ0) is 11.7. The second-order valence-corrected chi connectivity index (χ2v) is 10.7. The van der Waals surface area contributed by atoms with Crippen LogP contribution in [0.5, 0.6) is 0 Å². The van der Waals surface area contributed by atoms with Crippen molar-refractivity contribution in [3.63, 3.8) is 0 Å². The van der Waals surface area contributed by atoms with Crippen LogP contribution in [-0.4, -0.2) is 25.6 Å². The van der Waals surface area contributed by atoms with E-state index in [1.165, 1.54) is 0 Å². The third-order valence-corrected chi connectivity index (χ3v) is 8.04. The topological polar surface area (TPSA) is 29.5 Å². The van der Waals surface area contributed by atoms with E-state index in [9.17, 15) is 5.11 Å². The van der Waals surface area contributed by atoms with Crippen molar-refractivity contribution in [2.45, 2.75) is 64.0 Å². The van der Waals surface area contributed by atoms with Crippen LogP contribution in [0, 0.1) is 0 Å². The molecule has 0 aromatic heterocycles. The summed E-state index contributed by atoms with van der Waals surface area (Å²) in [5, 5.41) is 10.1. The highest BCUT2D eigenvalue weighted by atomic mass is 28.4. The third kappa shape index (κ3) is 3.16. The molecule has 1 N–H and O–H groups in total. The van der Waals surface area contributed by atoms with Gasteiger partial charge in [-0.05, 0) is 31.0 Å². The molecule has 2 nitrogen and oxygen atoms in total. The van der Waals surface area contributed by atoms with Gasteiger partial charge in [-0.25, -0.2) is 0 Å². The lowest BCUT2D eigenvalue weighted by Crippen LogP contribution is -2.47. The summed E-state index contributed by atoms with van der Waals surface area (Å²) in [6.07, 6.45) is 5.54. The number of aliphatic hydroxyl groups is 1. The average molecular weight is 228 g/mol. The molecule has 0 aromatic carbocycles. The molecule has 1 aliphatic carbocycles. The van der Waals surface area contributed by atoms with Gasteiger partial charge in [-0.2, -0.15) is 0 Å². The maximum absolute atomic E-state index is 9.84. The minimum absolute atomic E-state index is 0.0837. The molecule has 88 valence electrons. The first-order valence-corrected chi connectivity index (χ1v) is 8.67. The van der Waals surface area contributed by atoms with Crippen LogP contribution in [0.3, 0.4) is 0 Å². The number of aliphatic hydroxyl groups excluding tert-OH is 1. The molecule has 0 amide bonds. The van der Waals surface area contributed by atoms with Crippen LogP contribution >= 0.6 is 0 Å². The van der Waals surface area contributed by atoms with Crippen LogP contribution in [0.25, 0.3) is 0 Å². The lowest BCUT2D eigenvalue weighted by molar-refractivity contribution is 0.0455. The summed E-state index contributed by atoms with van der Waals surface area (Å²) in [5.74, 6) is 0. The van der Waals surface area contributed by atoms with Crippen LogP contribution < -0.4 is 0 Å². The number of hydrogen-bond donors (Lipinski definition) is 1. The molecule has 1 rings (SSSR count). The maximum Gasteiger partial charge on any atom is 0.193 e. The van der Waals surface area contributed by atoms with E-state index in [0.29, 0.717) is 0 Å². The standard InChI is InChI=1S/C12H24O2Si/c1-12(2,3)15(4,5)14-11-9-7-6-8-10(11)13/h7,9-11,13H,6,8H2,1-5H3/t10-,11-/m0/s1. The molecular formula is C12H24O2Si. The fraction of sp³-hybridized carbons (Fsp3) is 0.833. The van der Waals surface area contributed by atoms with Crippen molar-refractivity contribution in [1.82, 2.24) is 0 Å². The van der Waals surface area contributed by atoms with Gasteiger partial charge in [0.2, 0.25) is 0 Å². The minimum Gasteiger partial charge on any atom is -0.408 e. The highest BCUT2D eigenvalue weighted by Gasteiger charge is 2.40. The van der Waals surface area contributed by atoms with Crippen molar-refractivity contribution in [1.29, 1.82) is 0 Å². The molecule has 0 heterocycles. The van der Waals surface area contributed by atoms with Crippen LogP contribution in [0.15, 0.2) is 12.2 Å².